The molecular formula is C25H42O4Si. The number of allylic oxidation sites excluding steroid dienone is 2. The van der Waals surface area contributed by atoms with Gasteiger partial charge in [0.25, 0.3) is 0 Å². The number of hydrogen-bond donors (Lipinski definition) is 0. The third kappa shape index (κ3) is 4.63. The lowest BCUT2D eigenvalue weighted by molar-refractivity contribution is -0.124. The van der Waals surface area contributed by atoms with Crippen molar-refractivity contribution < 1.29 is 18.7 Å². The fraction of sp³-hybridized carbons (Fsp3) is 0.800. The van der Waals surface area contributed by atoms with Crippen LogP contribution in [-0.2, 0) is 18.7 Å². The molecule has 3 rings (SSSR count). The molecule has 5 heteroatoms. The summed E-state index contributed by atoms with van der Waals surface area (Å²) in [7, 11) is -1.97. The molecule has 0 aromatic rings. The molecule has 170 valence electrons. The first kappa shape index (κ1) is 23.7. The molecule has 0 aromatic carbocycles. The number of carbonyl (C=O) groups is 1. The highest BCUT2D eigenvalue weighted by molar-refractivity contribution is 6.74. The van der Waals surface area contributed by atoms with E-state index in [9.17, 15) is 4.79 Å². The topological polar surface area (TPSA) is 44.8 Å². The Hall–Kier alpha value is -0.913. The minimum Gasteiger partial charge on any atom is -0.498 e. The fourth-order valence-corrected chi connectivity index (χ4v) is 6.50. The average molecular weight is 435 g/mol. The lowest BCUT2D eigenvalue weighted by Gasteiger charge is -2.42. The van der Waals surface area contributed by atoms with Gasteiger partial charge >= 0.3 is 0 Å². The van der Waals surface area contributed by atoms with Gasteiger partial charge in [0.2, 0.25) is 0 Å². The van der Waals surface area contributed by atoms with E-state index in [4.69, 9.17) is 13.9 Å². The molecule has 0 aromatic heterocycles. The van der Waals surface area contributed by atoms with Crippen LogP contribution in [0.15, 0.2) is 23.0 Å². The maximum absolute atomic E-state index is 12.7. The Morgan fingerprint density at radius 1 is 1.27 bits per heavy atom. The van der Waals surface area contributed by atoms with Crippen molar-refractivity contribution in [2.24, 2.45) is 11.8 Å². The maximum Gasteiger partial charge on any atom is 0.192 e. The van der Waals surface area contributed by atoms with Crippen LogP contribution >= 0.6 is 0 Å². The van der Waals surface area contributed by atoms with Crippen molar-refractivity contribution in [1.82, 2.24) is 0 Å². The zero-order chi connectivity index (χ0) is 22.3. The lowest BCUT2D eigenvalue weighted by atomic mass is 9.71. The third-order valence-corrected chi connectivity index (χ3v) is 12.2. The molecule has 30 heavy (non-hydrogen) atoms. The molecule has 2 heterocycles. The van der Waals surface area contributed by atoms with Gasteiger partial charge in [0.15, 0.2) is 8.32 Å². The summed E-state index contributed by atoms with van der Waals surface area (Å²) in [6.45, 7) is 18.1. The Labute approximate surface area is 184 Å². The van der Waals surface area contributed by atoms with E-state index in [1.807, 2.05) is 6.92 Å². The third-order valence-electron chi connectivity index (χ3n) is 7.73. The van der Waals surface area contributed by atoms with Crippen molar-refractivity contribution in [3.8, 4) is 0 Å². The number of ketones is 1. The van der Waals surface area contributed by atoms with Crippen LogP contribution < -0.4 is 0 Å². The van der Waals surface area contributed by atoms with E-state index in [0.717, 1.165) is 37.9 Å². The summed E-state index contributed by atoms with van der Waals surface area (Å²) in [6.07, 6.45) is 6.84. The fourth-order valence-electron chi connectivity index (χ4n) is 5.14. The molecule has 4 nitrogen and oxygen atoms in total. The highest BCUT2D eigenvalue weighted by atomic mass is 28.4. The summed E-state index contributed by atoms with van der Waals surface area (Å²) in [5.74, 6) is 1.45. The predicted molar refractivity (Wildman–Crippen MR) is 124 cm³/mol. The first-order chi connectivity index (χ1) is 14.0. The molecule has 5 atom stereocenters. The molecule has 0 spiro atoms. The van der Waals surface area contributed by atoms with E-state index < -0.39 is 8.32 Å². The SMILES string of the molecule is CCOC1=C2[C@H]([C@@H]3O[C@@H]2C/C(C)=C\CC[C@@H]3O[Si](C)(C)C(C)(C)C)[C@H](C(C)=O)CC1. The second-order valence-electron chi connectivity index (χ2n) is 10.9. The molecule has 1 aliphatic carbocycles. The van der Waals surface area contributed by atoms with Crippen LogP contribution in [0, 0.1) is 11.8 Å². The standard InChI is InChI=1S/C25H42O4Si/c1-9-27-19-14-13-18(17(3)26)22-23(19)21-15-16(2)11-10-12-20(24(22)28-21)29-30(7,8)25(4,5)6/h11,18,20-22,24H,9-10,12-15H2,1-8H3/b16-11-/t18-,20-,21+,22+,24+/m0/s1. The van der Waals surface area contributed by atoms with Gasteiger partial charge < -0.3 is 13.9 Å². The highest BCUT2D eigenvalue weighted by Gasteiger charge is 2.53. The molecule has 2 bridgehead atoms. The Bertz CT molecular complexity index is 715. The second kappa shape index (κ2) is 8.91. The maximum atomic E-state index is 12.7. The molecule has 0 amide bonds. The first-order valence-corrected chi connectivity index (χ1v) is 14.7. The summed E-state index contributed by atoms with van der Waals surface area (Å²) in [5, 5.41) is 0.136. The first-order valence-electron chi connectivity index (χ1n) is 11.8. The molecular weight excluding hydrogens is 392 g/mol. The Kier molecular flexibility index (Phi) is 7.05. The summed E-state index contributed by atoms with van der Waals surface area (Å²) in [5.41, 5.74) is 2.62. The molecule has 3 aliphatic rings. The lowest BCUT2D eigenvalue weighted by Crippen LogP contribution is -2.49. The molecule has 1 saturated heterocycles. The number of hydrogen-bond acceptors (Lipinski definition) is 4. The van der Waals surface area contributed by atoms with Crippen molar-refractivity contribution in [3.63, 3.8) is 0 Å². The number of rotatable bonds is 5. The zero-order valence-corrected chi connectivity index (χ0v) is 21.3. The summed E-state index contributed by atoms with van der Waals surface area (Å²) < 4.78 is 19.9. The van der Waals surface area contributed by atoms with Gasteiger partial charge in [-0.05, 0) is 64.6 Å². The molecule has 0 unspecified atom stereocenters. The predicted octanol–water partition coefficient (Wildman–Crippen LogP) is 6.18. The van der Waals surface area contributed by atoms with Gasteiger partial charge in [0.05, 0.1) is 30.7 Å². The normalized spacial score (nSPS) is 34.4. The monoisotopic (exact) mass is 434 g/mol. The van der Waals surface area contributed by atoms with E-state index in [2.05, 4.69) is 46.9 Å². The van der Waals surface area contributed by atoms with E-state index in [-0.39, 0.29) is 41.0 Å². The van der Waals surface area contributed by atoms with Gasteiger partial charge in [0.1, 0.15) is 5.78 Å². The molecule has 1 fully saturated rings. The molecule has 0 saturated carbocycles. The Morgan fingerprint density at radius 3 is 2.57 bits per heavy atom. The van der Waals surface area contributed by atoms with Gasteiger partial charge in [-0.3, -0.25) is 4.79 Å². The number of carbonyl (C=O) groups excluding carboxylic acids is 1. The van der Waals surface area contributed by atoms with Crippen molar-refractivity contribution in [2.45, 2.75) is 110 Å². The largest absolute Gasteiger partial charge is 0.498 e. The average Bonchev–Trinajstić information content (AvgIpc) is 3.01. The van der Waals surface area contributed by atoms with Crippen LogP contribution in [0.3, 0.4) is 0 Å². The molecule has 0 radical (unpaired) electrons. The second-order valence-corrected chi connectivity index (χ2v) is 15.7. The van der Waals surface area contributed by atoms with Gasteiger partial charge in [0, 0.05) is 23.8 Å². The van der Waals surface area contributed by atoms with Gasteiger partial charge in [-0.25, -0.2) is 0 Å². The minimum absolute atomic E-state index is 0.00330. The number of Topliss-reactive ketones (excluding diaryl/α,β-unsaturated/α-hetero) is 1. The van der Waals surface area contributed by atoms with Crippen LogP contribution in [0.5, 0.6) is 0 Å². The van der Waals surface area contributed by atoms with Crippen LogP contribution in [0.25, 0.3) is 0 Å². The van der Waals surface area contributed by atoms with Crippen molar-refractivity contribution in [3.05, 3.63) is 23.0 Å². The minimum atomic E-state index is -1.97. The van der Waals surface area contributed by atoms with E-state index >= 15 is 0 Å². The van der Waals surface area contributed by atoms with Gasteiger partial charge in [-0.1, -0.05) is 32.4 Å². The van der Waals surface area contributed by atoms with Gasteiger partial charge in [-0.15, -0.1) is 0 Å². The van der Waals surface area contributed by atoms with E-state index in [0.29, 0.717) is 6.61 Å². The Balaban J connectivity index is 2.06. The van der Waals surface area contributed by atoms with Crippen LogP contribution in [0.1, 0.15) is 73.6 Å². The van der Waals surface area contributed by atoms with Crippen molar-refractivity contribution >= 4 is 14.1 Å². The smallest absolute Gasteiger partial charge is 0.192 e. The highest BCUT2D eigenvalue weighted by Crippen LogP contribution is 2.50. The van der Waals surface area contributed by atoms with Crippen molar-refractivity contribution in [2.75, 3.05) is 6.61 Å². The van der Waals surface area contributed by atoms with Crippen LogP contribution in [-0.4, -0.2) is 39.0 Å². The van der Waals surface area contributed by atoms with Gasteiger partial charge in [-0.2, -0.15) is 0 Å². The number of fused-ring (bicyclic) bond motifs is 5. The van der Waals surface area contributed by atoms with Crippen LogP contribution in [0.4, 0.5) is 0 Å². The number of ether oxygens (including phenoxy) is 2. The zero-order valence-electron chi connectivity index (χ0n) is 20.3. The summed E-state index contributed by atoms with van der Waals surface area (Å²) >= 11 is 0. The summed E-state index contributed by atoms with van der Waals surface area (Å²) in [6, 6.07) is 0. The van der Waals surface area contributed by atoms with E-state index in [1.165, 1.54) is 11.1 Å². The summed E-state index contributed by atoms with van der Waals surface area (Å²) in [4.78, 5) is 12.7. The quantitative estimate of drug-likeness (QED) is 0.383. The van der Waals surface area contributed by atoms with E-state index in [1.54, 1.807) is 6.92 Å². The van der Waals surface area contributed by atoms with Crippen LogP contribution in [0.2, 0.25) is 18.1 Å². The Morgan fingerprint density at radius 2 is 1.97 bits per heavy atom. The molecule has 0 N–H and O–H groups in total. The molecule has 2 aliphatic heterocycles. The van der Waals surface area contributed by atoms with Crippen molar-refractivity contribution in [1.29, 1.82) is 0 Å².